The van der Waals surface area contributed by atoms with Gasteiger partial charge in [0.1, 0.15) is 24.9 Å². The fraction of sp³-hybridized carbons (Fsp3) is 0.609. The Bertz CT molecular complexity index is 2100. The van der Waals surface area contributed by atoms with Crippen molar-refractivity contribution in [2.75, 3.05) is 39.5 Å². The van der Waals surface area contributed by atoms with E-state index in [-0.39, 0.29) is 61.9 Å². The van der Waals surface area contributed by atoms with Crippen LogP contribution in [0.3, 0.4) is 0 Å². The maximum atomic E-state index is 14.3. The van der Waals surface area contributed by atoms with E-state index in [4.69, 9.17) is 42.6 Å². The maximum absolute atomic E-state index is 14.3. The van der Waals surface area contributed by atoms with Gasteiger partial charge >= 0.3 is 35.9 Å². The molecule has 2 aromatic carbocycles. The first-order chi connectivity index (χ1) is 32.7. The molecule has 22 nitrogen and oxygen atoms in total. The minimum atomic E-state index is -4.38. The number of nitrogens with one attached hydrogen (secondary N) is 1. The fourth-order valence-electron chi connectivity index (χ4n) is 7.22. The number of hydrogen-bond donors (Lipinski definition) is 1. The Balaban J connectivity index is 0.00000622. The highest BCUT2D eigenvalue weighted by molar-refractivity contribution is 7.89. The maximum Gasteiger partial charge on any atom is 0.407 e. The summed E-state index contributed by atoms with van der Waals surface area (Å²) in [6.45, 7) is 11.4. The second-order valence-electron chi connectivity index (χ2n) is 16.2. The molecule has 0 aromatic heterocycles. The quantitative estimate of drug-likeness (QED) is 0.0495. The van der Waals surface area contributed by atoms with E-state index in [1.165, 1.54) is 0 Å². The van der Waals surface area contributed by atoms with Crippen LogP contribution in [0, 0.1) is 16.0 Å². The number of esters is 5. The van der Waals surface area contributed by atoms with Crippen molar-refractivity contribution in [3.8, 4) is 0 Å². The van der Waals surface area contributed by atoms with E-state index in [9.17, 15) is 47.3 Å². The summed E-state index contributed by atoms with van der Waals surface area (Å²) >= 11 is 0. The van der Waals surface area contributed by atoms with E-state index >= 15 is 0 Å². The average molecular weight is 996 g/mol. The molecule has 384 valence electrons. The number of nitrogens with zero attached hydrogens (tertiary/aromatic N) is 2. The Morgan fingerprint density at radius 2 is 1.45 bits per heavy atom. The largest absolute Gasteiger partial charge is 0.463 e. The zero-order valence-corrected chi connectivity index (χ0v) is 41.0. The summed E-state index contributed by atoms with van der Waals surface area (Å²) in [7, 11) is -4.38. The molecule has 2 heterocycles. The van der Waals surface area contributed by atoms with Gasteiger partial charge in [-0.1, -0.05) is 58.0 Å². The third kappa shape index (κ3) is 19.3. The summed E-state index contributed by atoms with van der Waals surface area (Å²) in [6, 6.07) is 12.2. The molecule has 0 aliphatic carbocycles. The molecule has 2 unspecified atom stereocenters. The molecule has 0 bridgehead atoms. The van der Waals surface area contributed by atoms with Crippen LogP contribution in [0.15, 0.2) is 59.5 Å². The number of amides is 1. The van der Waals surface area contributed by atoms with Crippen LogP contribution >= 0.6 is 0 Å². The average Bonchev–Trinajstić information content (AvgIpc) is 3.80. The summed E-state index contributed by atoms with van der Waals surface area (Å²) in [5.41, 5.74) is 0.397. The van der Waals surface area contributed by atoms with Gasteiger partial charge in [0.25, 0.3) is 5.69 Å². The Kier molecular flexibility index (Phi) is 23.9. The highest BCUT2D eigenvalue weighted by Crippen LogP contribution is 2.30. The number of sulfonamides is 1. The summed E-state index contributed by atoms with van der Waals surface area (Å²) in [6.07, 6.45) is -9.09. The van der Waals surface area contributed by atoms with Crippen LogP contribution in [0.1, 0.15) is 86.6 Å². The first kappa shape index (κ1) is 57.6. The molecule has 8 atom stereocenters. The van der Waals surface area contributed by atoms with E-state index in [1.54, 1.807) is 44.2 Å². The molecule has 0 saturated carbocycles. The lowest BCUT2D eigenvalue weighted by Crippen LogP contribution is -2.63. The smallest absolute Gasteiger partial charge is 0.407 e. The number of non-ortho nitro benzene ring substituents is 1. The van der Waals surface area contributed by atoms with E-state index < -0.39 is 113 Å². The normalized spacial score (nSPS) is 20.8. The molecule has 1 amide bonds. The number of nitro benzene ring substituents is 1. The van der Waals surface area contributed by atoms with Crippen molar-refractivity contribution in [3.05, 3.63) is 70.3 Å². The fourth-order valence-corrected chi connectivity index (χ4v) is 8.84. The number of ether oxygens (including phenoxy) is 9. The molecule has 0 spiro atoms. The van der Waals surface area contributed by atoms with Crippen LogP contribution in [0.5, 0.6) is 0 Å². The number of alkyl carbamates (subject to hydrolysis) is 1. The summed E-state index contributed by atoms with van der Waals surface area (Å²) in [5.74, 6) is -4.14. The highest BCUT2D eigenvalue weighted by Gasteiger charge is 2.52. The minimum Gasteiger partial charge on any atom is -0.463 e. The van der Waals surface area contributed by atoms with Gasteiger partial charge in [-0.25, -0.2) is 13.2 Å². The molecule has 0 radical (unpaired) electrons. The Labute approximate surface area is 402 Å². The molecule has 2 saturated heterocycles. The topological polar surface area (TPSA) is 278 Å². The summed E-state index contributed by atoms with van der Waals surface area (Å²) < 4.78 is 79.9. The number of hydrogen-bond acceptors (Lipinski definition) is 19. The van der Waals surface area contributed by atoms with Gasteiger partial charge in [0.15, 0.2) is 24.6 Å². The van der Waals surface area contributed by atoms with Gasteiger partial charge in [-0.05, 0) is 42.9 Å². The van der Waals surface area contributed by atoms with Crippen molar-refractivity contribution in [1.82, 2.24) is 9.62 Å². The van der Waals surface area contributed by atoms with Crippen LogP contribution < -0.4 is 5.32 Å². The third-order valence-corrected chi connectivity index (χ3v) is 12.0. The predicted molar refractivity (Wildman–Crippen MR) is 242 cm³/mol. The molecular formula is C46H65N3O19S. The van der Waals surface area contributed by atoms with E-state index in [0.29, 0.717) is 18.6 Å². The second-order valence-corrected chi connectivity index (χ2v) is 18.2. The van der Waals surface area contributed by atoms with E-state index in [2.05, 4.69) is 5.32 Å². The van der Waals surface area contributed by atoms with Crippen LogP contribution in [-0.4, -0.2) is 142 Å². The van der Waals surface area contributed by atoms with Gasteiger partial charge in [-0.3, -0.25) is 34.1 Å². The third-order valence-electron chi connectivity index (χ3n) is 10.1. The molecule has 2 aliphatic rings. The van der Waals surface area contributed by atoms with Crippen molar-refractivity contribution < 1.29 is 84.7 Å². The van der Waals surface area contributed by atoms with Crippen molar-refractivity contribution >= 4 is 51.7 Å². The predicted octanol–water partition coefficient (Wildman–Crippen LogP) is 4.58. The molecule has 2 aliphatic heterocycles. The van der Waals surface area contributed by atoms with Gasteiger partial charge in [0, 0.05) is 65.8 Å². The van der Waals surface area contributed by atoms with Gasteiger partial charge in [-0.15, -0.1) is 0 Å². The standard InChI is InChI=1S/C44H59N3O19S.C2H6/c1-27(2)23-46(67(56,57)35-17-15-33(16-18-35)47(54)55)24-37(36(22-32-12-8-7-9-13-32)45-44(53)64-34-19-21-58-25-34)65-39(52)14-10-11-20-59-43-42(63-31(6)51)41(62-30(5)50)40(61-29(4)49)38(66-43)26-60-28(3)48;1-2/h7-9,12-13,15-18,27,34,36-38,40-43H,10-11,14,19-26H2,1-6H3,(H,45,53);1-2H3/t34-,36-,37+,38?,40+,41-,42?,43+;/m0./s1. The molecule has 69 heavy (non-hydrogen) atoms. The number of nitro groups is 1. The van der Waals surface area contributed by atoms with Gasteiger partial charge in [0.05, 0.1) is 35.6 Å². The van der Waals surface area contributed by atoms with Gasteiger partial charge in [-0.2, -0.15) is 4.31 Å². The van der Waals surface area contributed by atoms with Crippen molar-refractivity contribution in [2.45, 2.75) is 141 Å². The number of carbonyl (C=O) groups excluding carboxylic acids is 6. The number of unbranched alkanes of at least 4 members (excludes halogenated alkanes) is 1. The Morgan fingerprint density at radius 1 is 0.826 bits per heavy atom. The molecular weight excluding hydrogens is 931 g/mol. The van der Waals surface area contributed by atoms with E-state index in [1.807, 2.05) is 13.8 Å². The number of benzene rings is 2. The van der Waals surface area contributed by atoms with Crippen LogP contribution in [0.4, 0.5) is 10.5 Å². The second kappa shape index (κ2) is 28.7. The first-order valence-corrected chi connectivity index (χ1v) is 24.1. The van der Waals surface area contributed by atoms with Crippen molar-refractivity contribution in [1.29, 1.82) is 0 Å². The van der Waals surface area contributed by atoms with Crippen LogP contribution in [0.25, 0.3) is 0 Å². The van der Waals surface area contributed by atoms with Gasteiger partial charge < -0.3 is 47.9 Å². The molecule has 2 fully saturated rings. The first-order valence-electron chi connectivity index (χ1n) is 22.7. The zero-order chi connectivity index (χ0) is 51.3. The number of rotatable bonds is 24. The summed E-state index contributed by atoms with van der Waals surface area (Å²) in [5, 5.41) is 14.2. The SMILES string of the molecule is CC.CC(=O)OCC1O[C@@H](OCCCCC(=O)O[C@H](CN(CC(C)C)S(=O)(=O)c2ccc([N+](=O)[O-])cc2)[C@H](Cc2ccccc2)NC(=O)O[C@H]2CCOC2)C(OC(C)=O)[C@@H](OC(C)=O)[C@@H]1OC(C)=O. The van der Waals surface area contributed by atoms with Crippen molar-refractivity contribution in [2.24, 2.45) is 5.92 Å². The van der Waals surface area contributed by atoms with Crippen LogP contribution in [0.2, 0.25) is 0 Å². The summed E-state index contributed by atoms with van der Waals surface area (Å²) in [4.78, 5) is 85.9. The highest BCUT2D eigenvalue weighted by atomic mass is 32.2. The number of carbonyl (C=O) groups is 6. The lowest BCUT2D eigenvalue weighted by atomic mass is 9.98. The van der Waals surface area contributed by atoms with E-state index in [0.717, 1.165) is 56.3 Å². The molecule has 23 heteroatoms. The lowest BCUT2D eigenvalue weighted by Gasteiger charge is -2.44. The Morgan fingerprint density at radius 3 is 2.01 bits per heavy atom. The monoisotopic (exact) mass is 995 g/mol. The lowest BCUT2D eigenvalue weighted by molar-refractivity contribution is -0.384. The zero-order valence-electron chi connectivity index (χ0n) is 40.2. The van der Waals surface area contributed by atoms with Gasteiger partial charge in [0.2, 0.25) is 10.0 Å². The minimum absolute atomic E-state index is 0.0636. The van der Waals surface area contributed by atoms with Crippen LogP contribution in [-0.2, 0) is 83.0 Å². The molecule has 4 rings (SSSR count). The molecule has 1 N–H and O–H groups in total. The molecule has 2 aromatic rings. The van der Waals surface area contributed by atoms with Crippen molar-refractivity contribution in [3.63, 3.8) is 0 Å². The Hall–Kier alpha value is -5.75.